The van der Waals surface area contributed by atoms with E-state index < -0.39 is 0 Å². The Hall–Kier alpha value is -1.22. The van der Waals surface area contributed by atoms with Crippen molar-refractivity contribution in [3.8, 4) is 11.5 Å². The second-order valence-electron chi connectivity index (χ2n) is 6.26. The molecule has 0 spiro atoms. The highest BCUT2D eigenvalue weighted by atomic mass is 79.9. The van der Waals surface area contributed by atoms with Gasteiger partial charge >= 0.3 is 0 Å². The van der Waals surface area contributed by atoms with Gasteiger partial charge in [-0.3, -0.25) is 0 Å². The van der Waals surface area contributed by atoms with Crippen molar-refractivity contribution in [1.29, 1.82) is 0 Å². The average molecular weight is 393 g/mol. The lowest BCUT2D eigenvalue weighted by atomic mass is 10.1. The Morgan fingerprint density at radius 1 is 0.792 bits per heavy atom. The van der Waals surface area contributed by atoms with E-state index >= 15 is 0 Å². The van der Waals surface area contributed by atoms with Crippen LogP contribution in [0.1, 0.15) is 51.0 Å². The number of hydrogen-bond acceptors (Lipinski definition) is 2. The SMILES string of the molecule is CCCCOc1ccc(OCCCCCCBr)c2cc(C)ccc12. The Kier molecular flexibility index (Phi) is 8.44. The summed E-state index contributed by atoms with van der Waals surface area (Å²) in [5.74, 6) is 1.93. The van der Waals surface area contributed by atoms with Gasteiger partial charge in [0.1, 0.15) is 11.5 Å². The lowest BCUT2D eigenvalue weighted by Crippen LogP contribution is -2.00. The van der Waals surface area contributed by atoms with Crippen LogP contribution in [0, 0.1) is 6.92 Å². The lowest BCUT2D eigenvalue weighted by molar-refractivity contribution is 0.304. The van der Waals surface area contributed by atoms with Crippen molar-refractivity contribution < 1.29 is 9.47 Å². The number of rotatable bonds is 11. The highest BCUT2D eigenvalue weighted by Crippen LogP contribution is 2.34. The maximum atomic E-state index is 6.07. The van der Waals surface area contributed by atoms with Crippen LogP contribution in [-0.4, -0.2) is 18.5 Å². The molecule has 0 saturated carbocycles. The van der Waals surface area contributed by atoms with Crippen LogP contribution in [0.3, 0.4) is 0 Å². The van der Waals surface area contributed by atoms with E-state index in [4.69, 9.17) is 9.47 Å². The van der Waals surface area contributed by atoms with E-state index in [-0.39, 0.29) is 0 Å². The van der Waals surface area contributed by atoms with Gasteiger partial charge in [-0.2, -0.15) is 0 Å². The molecular weight excluding hydrogens is 364 g/mol. The minimum Gasteiger partial charge on any atom is -0.493 e. The van der Waals surface area contributed by atoms with E-state index in [0.29, 0.717) is 0 Å². The zero-order chi connectivity index (χ0) is 17.2. The van der Waals surface area contributed by atoms with Crippen LogP contribution in [-0.2, 0) is 0 Å². The zero-order valence-corrected chi connectivity index (χ0v) is 16.5. The standard InChI is InChI=1S/C21H29BrO2/c1-3-4-14-23-20-11-12-21(24-15-8-6-5-7-13-22)19-16-17(2)9-10-18(19)20/h9-12,16H,3-8,13-15H2,1-2H3. The summed E-state index contributed by atoms with van der Waals surface area (Å²) in [6.45, 7) is 5.85. The van der Waals surface area contributed by atoms with Crippen molar-refractivity contribution in [3.05, 3.63) is 35.9 Å². The monoisotopic (exact) mass is 392 g/mol. The molecule has 2 aromatic carbocycles. The average Bonchev–Trinajstić information content (AvgIpc) is 2.59. The summed E-state index contributed by atoms with van der Waals surface area (Å²) in [6.07, 6.45) is 7.06. The van der Waals surface area contributed by atoms with Crippen LogP contribution in [0.15, 0.2) is 30.3 Å². The summed E-state index contributed by atoms with van der Waals surface area (Å²) < 4.78 is 12.0. The Balaban J connectivity index is 2.07. The molecule has 0 heterocycles. The predicted molar refractivity (Wildman–Crippen MR) is 107 cm³/mol. The molecule has 0 aliphatic rings. The van der Waals surface area contributed by atoms with E-state index in [1.807, 2.05) is 6.07 Å². The molecule has 0 radical (unpaired) electrons. The van der Waals surface area contributed by atoms with Crippen LogP contribution in [0.25, 0.3) is 10.8 Å². The summed E-state index contributed by atoms with van der Waals surface area (Å²) >= 11 is 3.48. The number of fused-ring (bicyclic) bond motifs is 1. The highest BCUT2D eigenvalue weighted by molar-refractivity contribution is 9.09. The number of alkyl halides is 1. The predicted octanol–water partition coefficient (Wildman–Crippen LogP) is 6.66. The lowest BCUT2D eigenvalue weighted by Gasteiger charge is -2.14. The molecule has 0 aliphatic heterocycles. The minimum atomic E-state index is 0.771. The molecule has 0 amide bonds. The molecule has 0 aromatic heterocycles. The Morgan fingerprint density at radius 2 is 1.46 bits per heavy atom. The summed E-state index contributed by atoms with van der Waals surface area (Å²) in [7, 11) is 0. The maximum absolute atomic E-state index is 6.07. The summed E-state index contributed by atoms with van der Waals surface area (Å²) in [5, 5.41) is 3.40. The number of unbranched alkanes of at least 4 members (excludes halogenated alkanes) is 4. The third-order valence-corrected chi connectivity index (χ3v) is 4.69. The Labute approximate surface area is 154 Å². The maximum Gasteiger partial charge on any atom is 0.127 e. The fourth-order valence-electron chi connectivity index (χ4n) is 2.72. The van der Waals surface area contributed by atoms with Crippen molar-refractivity contribution in [2.45, 2.75) is 52.4 Å². The number of hydrogen-bond donors (Lipinski definition) is 0. The highest BCUT2D eigenvalue weighted by Gasteiger charge is 2.08. The van der Waals surface area contributed by atoms with Gasteiger partial charge in [0.2, 0.25) is 0 Å². The molecule has 2 nitrogen and oxygen atoms in total. The van der Waals surface area contributed by atoms with Gasteiger partial charge in [-0.1, -0.05) is 59.8 Å². The van der Waals surface area contributed by atoms with E-state index in [1.54, 1.807) is 0 Å². The van der Waals surface area contributed by atoms with E-state index in [0.717, 1.165) is 60.1 Å². The number of ether oxygens (including phenoxy) is 2. The van der Waals surface area contributed by atoms with Crippen molar-refractivity contribution in [2.24, 2.45) is 0 Å². The van der Waals surface area contributed by atoms with Crippen molar-refractivity contribution in [3.63, 3.8) is 0 Å². The molecule has 0 atom stereocenters. The number of benzene rings is 2. The first-order valence-corrected chi connectivity index (χ1v) is 10.2. The molecule has 2 aromatic rings. The molecule has 0 fully saturated rings. The normalized spacial score (nSPS) is 11.0. The Bertz CT molecular complexity index is 625. The van der Waals surface area contributed by atoms with Gasteiger partial charge in [0, 0.05) is 16.1 Å². The second kappa shape index (κ2) is 10.6. The molecule has 0 saturated heterocycles. The van der Waals surface area contributed by atoms with Gasteiger partial charge in [-0.05, 0) is 44.4 Å². The molecule has 2 rings (SSSR count). The quantitative estimate of drug-likeness (QED) is 0.314. The van der Waals surface area contributed by atoms with Crippen LogP contribution in [0.4, 0.5) is 0 Å². The largest absolute Gasteiger partial charge is 0.493 e. The summed E-state index contributed by atoms with van der Waals surface area (Å²) in [5.41, 5.74) is 1.25. The number of aryl methyl sites for hydroxylation is 1. The van der Waals surface area contributed by atoms with Crippen LogP contribution < -0.4 is 9.47 Å². The molecule has 0 bridgehead atoms. The molecule has 3 heteroatoms. The van der Waals surface area contributed by atoms with Gasteiger partial charge < -0.3 is 9.47 Å². The first-order valence-electron chi connectivity index (χ1n) is 9.11. The summed E-state index contributed by atoms with van der Waals surface area (Å²) in [4.78, 5) is 0. The van der Waals surface area contributed by atoms with Crippen molar-refractivity contribution in [2.75, 3.05) is 18.5 Å². The van der Waals surface area contributed by atoms with Gasteiger partial charge in [0.15, 0.2) is 0 Å². The van der Waals surface area contributed by atoms with Gasteiger partial charge in [0.05, 0.1) is 13.2 Å². The van der Waals surface area contributed by atoms with Gasteiger partial charge in [0.25, 0.3) is 0 Å². The van der Waals surface area contributed by atoms with Crippen molar-refractivity contribution >= 4 is 26.7 Å². The van der Waals surface area contributed by atoms with Crippen molar-refractivity contribution in [1.82, 2.24) is 0 Å². The molecule has 0 N–H and O–H groups in total. The van der Waals surface area contributed by atoms with E-state index in [1.165, 1.54) is 24.8 Å². The van der Waals surface area contributed by atoms with Crippen LogP contribution in [0.2, 0.25) is 0 Å². The van der Waals surface area contributed by atoms with Gasteiger partial charge in [-0.25, -0.2) is 0 Å². The molecule has 0 unspecified atom stereocenters. The molecule has 0 aliphatic carbocycles. The minimum absolute atomic E-state index is 0.771. The Morgan fingerprint density at radius 3 is 2.17 bits per heavy atom. The zero-order valence-electron chi connectivity index (χ0n) is 14.9. The van der Waals surface area contributed by atoms with Crippen LogP contribution in [0.5, 0.6) is 11.5 Å². The van der Waals surface area contributed by atoms with E-state index in [2.05, 4.69) is 54.0 Å². The first kappa shape index (κ1) is 19.1. The molecular formula is C21H29BrO2. The smallest absolute Gasteiger partial charge is 0.127 e. The van der Waals surface area contributed by atoms with Gasteiger partial charge in [-0.15, -0.1) is 0 Å². The molecule has 132 valence electrons. The topological polar surface area (TPSA) is 18.5 Å². The second-order valence-corrected chi connectivity index (χ2v) is 7.06. The first-order chi connectivity index (χ1) is 11.8. The summed E-state index contributed by atoms with van der Waals surface area (Å²) in [6, 6.07) is 10.6. The number of halogens is 1. The van der Waals surface area contributed by atoms with E-state index in [9.17, 15) is 0 Å². The fraction of sp³-hybridized carbons (Fsp3) is 0.524. The fourth-order valence-corrected chi connectivity index (χ4v) is 3.11. The third-order valence-electron chi connectivity index (χ3n) is 4.13. The third kappa shape index (κ3) is 5.70. The molecule has 24 heavy (non-hydrogen) atoms. The van der Waals surface area contributed by atoms with Crippen LogP contribution >= 0.6 is 15.9 Å².